The third-order valence-electron chi connectivity index (χ3n) is 2.34. The van der Waals surface area contributed by atoms with Crippen LogP contribution < -0.4 is 0 Å². The second kappa shape index (κ2) is 5.89. The molecule has 0 radical (unpaired) electrons. The number of benzene rings is 1. The Labute approximate surface area is 137 Å². The van der Waals surface area contributed by atoms with E-state index in [1.165, 1.54) is 17.4 Å². The molecule has 1 unspecified atom stereocenters. The maximum atomic E-state index is 14.0. The van der Waals surface area contributed by atoms with E-state index in [0.717, 1.165) is 7.57 Å². The van der Waals surface area contributed by atoms with Gasteiger partial charge in [0.15, 0.2) is 0 Å². The van der Waals surface area contributed by atoms with Crippen molar-refractivity contribution in [2.75, 3.05) is 0 Å². The van der Waals surface area contributed by atoms with Crippen LogP contribution in [0.5, 0.6) is 0 Å². The fraction of sp³-hybridized carbons (Fsp3) is 0.0909. The van der Waals surface area contributed by atoms with Crippen LogP contribution in [-0.4, -0.2) is 5.11 Å². The molecule has 0 aliphatic rings. The number of aliphatic hydroxyl groups is 1. The number of rotatable bonds is 2. The first-order valence-electron chi connectivity index (χ1n) is 4.68. The topological polar surface area (TPSA) is 20.2 Å². The summed E-state index contributed by atoms with van der Waals surface area (Å²) in [6.07, 6.45) is -1.06. The van der Waals surface area contributed by atoms with Crippen LogP contribution >= 0.6 is 70.7 Å². The molecule has 1 nitrogen and oxygen atoms in total. The summed E-state index contributed by atoms with van der Waals surface area (Å²) in [5, 5.41) is 10.2. The van der Waals surface area contributed by atoms with E-state index >= 15 is 0 Å². The van der Waals surface area contributed by atoms with Crippen LogP contribution in [0.1, 0.15) is 17.2 Å². The third kappa shape index (κ3) is 2.83. The Morgan fingerprint density at radius 1 is 1.22 bits per heavy atom. The van der Waals surface area contributed by atoms with E-state index in [9.17, 15) is 9.50 Å². The Hall–Kier alpha value is 0.540. The summed E-state index contributed by atoms with van der Waals surface area (Å²) in [7, 11) is 0. The van der Waals surface area contributed by atoms with Crippen LogP contribution in [0.4, 0.5) is 4.39 Å². The summed E-state index contributed by atoms with van der Waals surface area (Å²) in [4.78, 5) is 0. The number of aliphatic hydroxyl groups excluding tert-OH is 1. The molecular formula is C11H5Br3ClFOS. The molecular weight excluding hydrogens is 474 g/mol. The summed E-state index contributed by atoms with van der Waals surface area (Å²) < 4.78 is 16.1. The standard InChI is InChI=1S/C11H5Br3ClFOS/c12-6-2-1-4(9(16)8(6)15)10(17)5-3-7(13)18-11(5)14/h1-3,10,17H. The van der Waals surface area contributed by atoms with E-state index in [1.807, 2.05) is 0 Å². The highest BCUT2D eigenvalue weighted by atomic mass is 79.9. The molecule has 1 aromatic heterocycles. The average molecular weight is 479 g/mol. The molecule has 7 heteroatoms. The Morgan fingerprint density at radius 3 is 2.44 bits per heavy atom. The molecule has 18 heavy (non-hydrogen) atoms. The second-order valence-corrected chi connectivity index (χ2v) is 8.43. The Bertz CT molecular complexity index is 602. The van der Waals surface area contributed by atoms with Crippen LogP contribution in [0, 0.1) is 5.82 Å². The number of hydrogen-bond acceptors (Lipinski definition) is 2. The lowest BCUT2D eigenvalue weighted by molar-refractivity contribution is 0.214. The molecule has 1 N–H and O–H groups in total. The molecule has 1 heterocycles. The molecule has 0 fully saturated rings. The van der Waals surface area contributed by atoms with E-state index in [1.54, 1.807) is 12.1 Å². The van der Waals surface area contributed by atoms with Crippen molar-refractivity contribution >= 4 is 70.7 Å². The normalized spacial score (nSPS) is 12.8. The van der Waals surface area contributed by atoms with E-state index in [2.05, 4.69) is 47.8 Å². The summed E-state index contributed by atoms with van der Waals surface area (Å²) in [6.45, 7) is 0. The lowest BCUT2D eigenvalue weighted by atomic mass is 10.0. The van der Waals surface area contributed by atoms with Crippen LogP contribution in [-0.2, 0) is 0 Å². The minimum absolute atomic E-state index is 0.0306. The highest BCUT2D eigenvalue weighted by Crippen LogP contribution is 2.40. The monoisotopic (exact) mass is 476 g/mol. The molecule has 0 aliphatic carbocycles. The van der Waals surface area contributed by atoms with Crippen molar-refractivity contribution in [3.63, 3.8) is 0 Å². The fourth-order valence-corrected chi connectivity index (χ4v) is 4.82. The van der Waals surface area contributed by atoms with Gasteiger partial charge in [-0.1, -0.05) is 17.7 Å². The van der Waals surface area contributed by atoms with E-state index in [0.29, 0.717) is 10.0 Å². The summed E-state index contributed by atoms with van der Waals surface area (Å²) >= 11 is 17.0. The van der Waals surface area contributed by atoms with Crippen LogP contribution in [0.2, 0.25) is 5.02 Å². The van der Waals surface area contributed by atoms with Gasteiger partial charge in [-0.05, 0) is 59.9 Å². The van der Waals surface area contributed by atoms with E-state index in [-0.39, 0.29) is 10.6 Å². The van der Waals surface area contributed by atoms with Gasteiger partial charge in [0, 0.05) is 15.6 Å². The van der Waals surface area contributed by atoms with Gasteiger partial charge in [-0.2, -0.15) is 0 Å². The molecule has 2 aromatic rings. The second-order valence-electron chi connectivity index (χ2n) is 3.45. The van der Waals surface area contributed by atoms with Crippen molar-refractivity contribution in [1.29, 1.82) is 0 Å². The number of thiophene rings is 1. The van der Waals surface area contributed by atoms with Gasteiger partial charge < -0.3 is 5.11 Å². The molecule has 0 saturated heterocycles. The molecule has 0 spiro atoms. The molecule has 0 amide bonds. The van der Waals surface area contributed by atoms with Crippen molar-refractivity contribution < 1.29 is 9.50 Å². The van der Waals surface area contributed by atoms with Crippen LogP contribution in [0.25, 0.3) is 0 Å². The Morgan fingerprint density at radius 2 is 1.89 bits per heavy atom. The van der Waals surface area contributed by atoms with Crippen LogP contribution in [0.15, 0.2) is 30.2 Å². The molecule has 0 aliphatic heterocycles. The summed E-state index contributed by atoms with van der Waals surface area (Å²) in [5.41, 5.74) is 0.748. The lowest BCUT2D eigenvalue weighted by Gasteiger charge is -2.12. The summed E-state index contributed by atoms with van der Waals surface area (Å²) in [6, 6.07) is 4.86. The highest BCUT2D eigenvalue weighted by Gasteiger charge is 2.22. The predicted octanol–water partition coefficient (Wildman–Crippen LogP) is 5.91. The third-order valence-corrected chi connectivity index (χ3v) is 5.98. The molecule has 2 rings (SSSR count). The first-order valence-corrected chi connectivity index (χ1v) is 8.25. The van der Waals surface area contributed by atoms with Crippen molar-refractivity contribution in [2.24, 2.45) is 0 Å². The van der Waals surface area contributed by atoms with E-state index < -0.39 is 11.9 Å². The molecule has 1 aromatic carbocycles. The zero-order valence-electron chi connectivity index (χ0n) is 8.55. The van der Waals surface area contributed by atoms with Gasteiger partial charge in [-0.15, -0.1) is 11.3 Å². The number of hydrogen-bond donors (Lipinski definition) is 1. The smallest absolute Gasteiger partial charge is 0.149 e. The maximum Gasteiger partial charge on any atom is 0.149 e. The highest BCUT2D eigenvalue weighted by molar-refractivity contribution is 9.12. The molecule has 0 bridgehead atoms. The van der Waals surface area contributed by atoms with Crippen molar-refractivity contribution in [1.82, 2.24) is 0 Å². The SMILES string of the molecule is OC(c1cc(Br)sc1Br)c1ccc(Br)c(Cl)c1F. The predicted molar refractivity (Wildman–Crippen MR) is 82.9 cm³/mol. The minimum Gasteiger partial charge on any atom is -0.383 e. The quantitative estimate of drug-likeness (QED) is 0.531. The zero-order chi connectivity index (χ0) is 13.4. The van der Waals surface area contributed by atoms with Gasteiger partial charge in [0.05, 0.1) is 12.6 Å². The minimum atomic E-state index is -1.06. The maximum absolute atomic E-state index is 14.0. The van der Waals surface area contributed by atoms with Gasteiger partial charge in [0.25, 0.3) is 0 Å². The Balaban J connectivity index is 2.49. The zero-order valence-corrected chi connectivity index (χ0v) is 14.9. The first kappa shape index (κ1) is 14.9. The summed E-state index contributed by atoms with van der Waals surface area (Å²) in [5.74, 6) is -0.618. The van der Waals surface area contributed by atoms with Gasteiger partial charge in [-0.3, -0.25) is 0 Å². The fourth-order valence-electron chi connectivity index (χ4n) is 1.46. The van der Waals surface area contributed by atoms with Gasteiger partial charge in [-0.25, -0.2) is 4.39 Å². The number of halogens is 5. The lowest BCUT2D eigenvalue weighted by Crippen LogP contribution is -2.02. The van der Waals surface area contributed by atoms with Crippen LogP contribution in [0.3, 0.4) is 0 Å². The molecule has 96 valence electrons. The average Bonchev–Trinajstić information content (AvgIpc) is 2.65. The Kier molecular flexibility index (Phi) is 4.89. The van der Waals surface area contributed by atoms with Crippen molar-refractivity contribution in [2.45, 2.75) is 6.10 Å². The first-order chi connectivity index (χ1) is 8.41. The van der Waals surface area contributed by atoms with Crippen molar-refractivity contribution in [3.8, 4) is 0 Å². The largest absolute Gasteiger partial charge is 0.383 e. The van der Waals surface area contributed by atoms with Gasteiger partial charge >= 0.3 is 0 Å². The molecule has 0 saturated carbocycles. The van der Waals surface area contributed by atoms with Crippen molar-refractivity contribution in [3.05, 3.63) is 52.2 Å². The van der Waals surface area contributed by atoms with E-state index in [4.69, 9.17) is 11.6 Å². The van der Waals surface area contributed by atoms with Gasteiger partial charge in [0.1, 0.15) is 11.9 Å². The molecule has 1 atom stereocenters. The van der Waals surface area contributed by atoms with Gasteiger partial charge in [0.2, 0.25) is 0 Å².